The highest BCUT2D eigenvalue weighted by Crippen LogP contribution is 2.27. The molecule has 0 bridgehead atoms. The molecule has 0 radical (unpaired) electrons. The van der Waals surface area contributed by atoms with E-state index in [9.17, 15) is 9.59 Å². The number of likely N-dealkylation sites (N-methyl/N-ethyl adjacent to an activating group) is 1. The zero-order valence-corrected chi connectivity index (χ0v) is 11.8. The van der Waals surface area contributed by atoms with Crippen molar-refractivity contribution in [3.63, 3.8) is 0 Å². The van der Waals surface area contributed by atoms with Crippen LogP contribution in [0.5, 0.6) is 0 Å². The molecular weight excluding hydrogens is 242 g/mol. The molecule has 1 aliphatic heterocycles. The monoisotopic (exact) mass is 261 g/mol. The van der Waals surface area contributed by atoms with Crippen molar-refractivity contribution in [2.75, 3.05) is 11.9 Å². The number of anilines is 1. The van der Waals surface area contributed by atoms with Crippen LogP contribution in [-0.2, 0) is 4.79 Å². The van der Waals surface area contributed by atoms with Crippen molar-refractivity contribution < 1.29 is 9.59 Å². The number of urea groups is 1. The molecule has 1 aromatic heterocycles. The average molecular weight is 261 g/mol. The molecule has 1 atom stereocenters. The van der Waals surface area contributed by atoms with Crippen LogP contribution < -0.4 is 4.90 Å². The molecule has 1 fully saturated rings. The Morgan fingerprint density at radius 2 is 2.05 bits per heavy atom. The Hall–Kier alpha value is -1.91. The average Bonchev–Trinajstić information content (AvgIpc) is 2.55. The molecule has 102 valence electrons. The summed E-state index contributed by atoms with van der Waals surface area (Å²) in [7, 11) is 1.67. The van der Waals surface area contributed by atoms with Gasteiger partial charge in [0, 0.05) is 13.2 Å². The van der Waals surface area contributed by atoms with Gasteiger partial charge in [0.2, 0.25) is 0 Å². The minimum Gasteiger partial charge on any atom is -0.315 e. The number of nitrogens with zero attached hydrogens (tertiary/aromatic N) is 3. The fourth-order valence-electron chi connectivity index (χ4n) is 2.31. The summed E-state index contributed by atoms with van der Waals surface area (Å²) in [6.07, 6.45) is 2.27. The lowest BCUT2D eigenvalue weighted by molar-refractivity contribution is -0.119. The Kier molecular flexibility index (Phi) is 3.55. The first-order valence-electron chi connectivity index (χ1n) is 6.46. The van der Waals surface area contributed by atoms with Crippen LogP contribution in [0, 0.1) is 12.8 Å². The third kappa shape index (κ3) is 2.32. The predicted octanol–water partition coefficient (Wildman–Crippen LogP) is 2.20. The van der Waals surface area contributed by atoms with Gasteiger partial charge in [0.25, 0.3) is 5.91 Å². The van der Waals surface area contributed by atoms with Crippen LogP contribution in [0.15, 0.2) is 18.3 Å². The number of aryl methyl sites for hydroxylation is 1. The Bertz CT molecular complexity index is 513. The fraction of sp³-hybridized carbons (Fsp3) is 0.500. The van der Waals surface area contributed by atoms with E-state index in [1.54, 1.807) is 19.3 Å². The van der Waals surface area contributed by atoms with E-state index < -0.39 is 0 Å². The molecule has 1 aromatic rings. The second-order valence-electron chi connectivity index (χ2n) is 5.36. The van der Waals surface area contributed by atoms with Crippen molar-refractivity contribution >= 4 is 17.8 Å². The smallest absolute Gasteiger partial charge is 0.315 e. The van der Waals surface area contributed by atoms with Crippen LogP contribution in [0.3, 0.4) is 0 Å². The maximum Gasteiger partial charge on any atom is 0.333 e. The summed E-state index contributed by atoms with van der Waals surface area (Å²) in [5.74, 6) is 0.618. The molecule has 2 rings (SSSR count). The summed E-state index contributed by atoms with van der Waals surface area (Å²) in [5, 5.41) is 0. The molecule has 0 spiro atoms. The molecule has 0 aromatic carbocycles. The molecule has 19 heavy (non-hydrogen) atoms. The Morgan fingerprint density at radius 3 is 2.63 bits per heavy atom. The lowest BCUT2D eigenvalue weighted by Gasteiger charge is -2.17. The molecule has 2 heterocycles. The lowest BCUT2D eigenvalue weighted by atomic mass is 10.0. The third-order valence-corrected chi connectivity index (χ3v) is 3.35. The quantitative estimate of drug-likeness (QED) is 0.784. The molecule has 0 N–H and O–H groups in total. The van der Waals surface area contributed by atoms with Gasteiger partial charge in [-0.2, -0.15) is 0 Å². The molecule has 1 aliphatic rings. The zero-order chi connectivity index (χ0) is 14.2. The van der Waals surface area contributed by atoms with Gasteiger partial charge in [0.15, 0.2) is 0 Å². The summed E-state index contributed by atoms with van der Waals surface area (Å²) >= 11 is 0. The maximum absolute atomic E-state index is 12.4. The molecule has 1 unspecified atom stereocenters. The van der Waals surface area contributed by atoms with Crippen molar-refractivity contribution in [1.82, 2.24) is 9.88 Å². The van der Waals surface area contributed by atoms with Crippen LogP contribution in [-0.4, -0.2) is 34.9 Å². The van der Waals surface area contributed by atoms with Gasteiger partial charge in [-0.1, -0.05) is 19.9 Å². The summed E-state index contributed by atoms with van der Waals surface area (Å²) in [6.45, 7) is 5.93. The van der Waals surface area contributed by atoms with Crippen LogP contribution in [0.4, 0.5) is 10.6 Å². The number of hydrogen-bond acceptors (Lipinski definition) is 3. The first-order valence-corrected chi connectivity index (χ1v) is 6.46. The number of aromatic nitrogens is 1. The van der Waals surface area contributed by atoms with Crippen LogP contribution in [0.1, 0.15) is 25.8 Å². The van der Waals surface area contributed by atoms with E-state index in [0.29, 0.717) is 18.2 Å². The van der Waals surface area contributed by atoms with E-state index in [-0.39, 0.29) is 18.0 Å². The topological polar surface area (TPSA) is 53.5 Å². The van der Waals surface area contributed by atoms with E-state index in [1.807, 2.05) is 26.8 Å². The van der Waals surface area contributed by atoms with Gasteiger partial charge in [-0.15, -0.1) is 0 Å². The number of carbonyl (C=O) groups excluding carboxylic acids is 2. The SMILES string of the molecule is Cc1cccnc1N1C(=O)C(CC(C)C)N(C)C1=O. The highest BCUT2D eigenvalue weighted by atomic mass is 16.2. The van der Waals surface area contributed by atoms with Gasteiger partial charge in [-0.3, -0.25) is 4.79 Å². The number of pyridine rings is 1. The number of rotatable bonds is 3. The van der Waals surface area contributed by atoms with Crippen LogP contribution in [0.2, 0.25) is 0 Å². The van der Waals surface area contributed by atoms with Crippen LogP contribution in [0.25, 0.3) is 0 Å². The molecule has 1 saturated heterocycles. The van der Waals surface area contributed by atoms with Gasteiger partial charge in [0.1, 0.15) is 11.9 Å². The van der Waals surface area contributed by atoms with Gasteiger partial charge in [-0.05, 0) is 30.9 Å². The zero-order valence-electron chi connectivity index (χ0n) is 11.8. The summed E-state index contributed by atoms with van der Waals surface area (Å²) in [6, 6.07) is 2.96. The second-order valence-corrected chi connectivity index (χ2v) is 5.36. The van der Waals surface area contributed by atoms with Crippen LogP contribution >= 0.6 is 0 Å². The van der Waals surface area contributed by atoms with Crippen molar-refractivity contribution in [3.8, 4) is 0 Å². The lowest BCUT2D eigenvalue weighted by Crippen LogP contribution is -2.33. The number of imide groups is 1. The molecule has 0 saturated carbocycles. The number of carbonyl (C=O) groups is 2. The molecule has 5 heteroatoms. The first kappa shape index (κ1) is 13.5. The fourth-order valence-corrected chi connectivity index (χ4v) is 2.31. The first-order chi connectivity index (χ1) is 8.93. The van der Waals surface area contributed by atoms with Crippen molar-refractivity contribution in [2.45, 2.75) is 33.2 Å². The Labute approximate surface area is 113 Å². The van der Waals surface area contributed by atoms with E-state index >= 15 is 0 Å². The normalized spacial score (nSPS) is 19.7. The van der Waals surface area contributed by atoms with Crippen molar-refractivity contribution in [3.05, 3.63) is 23.9 Å². The van der Waals surface area contributed by atoms with Crippen molar-refractivity contribution in [1.29, 1.82) is 0 Å². The summed E-state index contributed by atoms with van der Waals surface area (Å²) < 4.78 is 0. The highest BCUT2D eigenvalue weighted by Gasteiger charge is 2.44. The summed E-state index contributed by atoms with van der Waals surface area (Å²) in [4.78, 5) is 31.6. The highest BCUT2D eigenvalue weighted by molar-refractivity contribution is 6.21. The van der Waals surface area contributed by atoms with Gasteiger partial charge in [0.05, 0.1) is 0 Å². The third-order valence-electron chi connectivity index (χ3n) is 3.35. The Morgan fingerprint density at radius 1 is 1.37 bits per heavy atom. The van der Waals surface area contributed by atoms with Gasteiger partial charge < -0.3 is 4.90 Å². The minimum absolute atomic E-state index is 0.178. The molecule has 5 nitrogen and oxygen atoms in total. The van der Waals surface area contributed by atoms with E-state index in [4.69, 9.17) is 0 Å². The number of amides is 3. The molecular formula is C14H19N3O2. The van der Waals surface area contributed by atoms with Gasteiger partial charge in [-0.25, -0.2) is 14.7 Å². The Balaban J connectivity index is 2.35. The van der Waals surface area contributed by atoms with Crippen molar-refractivity contribution in [2.24, 2.45) is 5.92 Å². The molecule has 0 aliphatic carbocycles. The largest absolute Gasteiger partial charge is 0.333 e. The maximum atomic E-state index is 12.4. The standard InChI is InChI=1S/C14H19N3O2/c1-9(2)8-11-13(18)17(14(19)16(11)4)12-10(3)6-5-7-15-12/h5-7,9,11H,8H2,1-4H3. The second kappa shape index (κ2) is 4.99. The minimum atomic E-state index is -0.381. The van der Waals surface area contributed by atoms with E-state index in [2.05, 4.69) is 4.98 Å². The van der Waals surface area contributed by atoms with E-state index in [1.165, 1.54) is 9.80 Å². The number of hydrogen-bond donors (Lipinski definition) is 0. The van der Waals surface area contributed by atoms with E-state index in [0.717, 1.165) is 5.56 Å². The molecule has 3 amide bonds. The summed E-state index contributed by atoms with van der Waals surface area (Å²) in [5.41, 5.74) is 0.822. The predicted molar refractivity (Wildman–Crippen MR) is 72.9 cm³/mol. The van der Waals surface area contributed by atoms with Gasteiger partial charge >= 0.3 is 6.03 Å².